The molecule has 0 aliphatic rings. The number of H-pyrrole nitrogens is 1. The van der Waals surface area contributed by atoms with Crippen LogP contribution < -0.4 is 20.9 Å². The lowest BCUT2D eigenvalue weighted by Crippen LogP contribution is -2.31. The predicted molar refractivity (Wildman–Crippen MR) is 155 cm³/mol. The highest BCUT2D eigenvalue weighted by Gasteiger charge is 2.14. The molecule has 0 bridgehead atoms. The lowest BCUT2D eigenvalue weighted by Gasteiger charge is -2.19. The number of likely N-dealkylation sites (N-methyl/N-ethyl adjacent to an activating group) is 1. The predicted octanol–water partition coefficient (Wildman–Crippen LogP) is 5.13. The largest absolute Gasteiger partial charge is 0.496 e. The van der Waals surface area contributed by atoms with Gasteiger partial charge in [0.2, 0.25) is 11.8 Å². The molecule has 0 saturated heterocycles. The minimum atomic E-state index is -0.169. The van der Waals surface area contributed by atoms with Crippen molar-refractivity contribution in [2.45, 2.75) is 32.2 Å². The maximum absolute atomic E-state index is 12.7. The van der Waals surface area contributed by atoms with Gasteiger partial charge in [0.25, 0.3) is 5.56 Å². The second kappa shape index (κ2) is 12.8. The molecule has 0 saturated carbocycles. The Morgan fingerprint density at radius 2 is 1.82 bits per heavy atom. The van der Waals surface area contributed by atoms with E-state index in [1.165, 1.54) is 0 Å². The Labute approximate surface area is 228 Å². The lowest BCUT2D eigenvalue weighted by atomic mass is 9.95. The first-order chi connectivity index (χ1) is 18.8. The number of benzene rings is 3. The third-order valence-electron chi connectivity index (χ3n) is 6.75. The van der Waals surface area contributed by atoms with E-state index in [0.29, 0.717) is 36.1 Å². The van der Waals surface area contributed by atoms with Crippen LogP contribution in [-0.4, -0.2) is 42.4 Å². The summed E-state index contributed by atoms with van der Waals surface area (Å²) in [6.07, 6.45) is 2.69. The summed E-state index contributed by atoms with van der Waals surface area (Å²) in [4.78, 5) is 41.7. The molecule has 1 atom stereocenters. The number of carbonyl (C=O) groups is 2. The number of amides is 2. The molecule has 2 amide bonds. The quantitative estimate of drug-likeness (QED) is 0.251. The van der Waals surface area contributed by atoms with E-state index in [1.807, 2.05) is 66.7 Å². The molecule has 1 heterocycles. The zero-order chi connectivity index (χ0) is 27.8. The molecule has 202 valence electrons. The van der Waals surface area contributed by atoms with Crippen molar-refractivity contribution in [3.63, 3.8) is 0 Å². The molecule has 3 aromatic carbocycles. The van der Waals surface area contributed by atoms with Crippen molar-refractivity contribution in [1.29, 1.82) is 0 Å². The smallest absolute Gasteiger partial charge is 0.255 e. The number of rotatable bonds is 11. The molecule has 0 spiro atoms. The van der Waals surface area contributed by atoms with Gasteiger partial charge in [-0.25, -0.2) is 0 Å². The van der Waals surface area contributed by atoms with Crippen molar-refractivity contribution in [3.05, 3.63) is 100 Å². The number of carbonyl (C=O) groups excluding carboxylic acids is 2. The third-order valence-corrected chi connectivity index (χ3v) is 6.75. The minimum absolute atomic E-state index is 0.0586. The Balaban J connectivity index is 1.27. The van der Waals surface area contributed by atoms with Gasteiger partial charge >= 0.3 is 0 Å². The number of pyridine rings is 1. The standard InChI is InChI=1S/C31H34N4O4/c1-21(26-9-4-5-10-28(26)39-3)11-14-29(36)34-25-8-6-7-22(17-25)20-35(2)30(37)19-33-24-13-12-23-15-16-32-31(38)27(23)18-24/h4-10,12-13,15-18,21,33H,11,14,19-20H2,1-3H3,(H,32,38)(H,34,36)/t21-/m0/s1. The van der Waals surface area contributed by atoms with Crippen LogP contribution >= 0.6 is 0 Å². The molecule has 39 heavy (non-hydrogen) atoms. The Hall–Kier alpha value is -4.59. The first-order valence-electron chi connectivity index (χ1n) is 12.9. The van der Waals surface area contributed by atoms with Crippen molar-refractivity contribution in [2.75, 3.05) is 31.3 Å². The number of ether oxygens (including phenoxy) is 1. The highest BCUT2D eigenvalue weighted by molar-refractivity contribution is 5.91. The van der Waals surface area contributed by atoms with Crippen molar-refractivity contribution >= 4 is 34.0 Å². The van der Waals surface area contributed by atoms with Crippen LogP contribution in [0.15, 0.2) is 83.8 Å². The average molecular weight is 527 g/mol. The number of methoxy groups -OCH3 is 1. The van der Waals surface area contributed by atoms with E-state index in [4.69, 9.17) is 4.74 Å². The van der Waals surface area contributed by atoms with Gasteiger partial charge in [0.1, 0.15) is 5.75 Å². The van der Waals surface area contributed by atoms with E-state index in [2.05, 4.69) is 22.5 Å². The molecule has 4 rings (SSSR count). The first kappa shape index (κ1) is 27.4. The lowest BCUT2D eigenvalue weighted by molar-refractivity contribution is -0.128. The summed E-state index contributed by atoms with van der Waals surface area (Å²) in [5.41, 5.74) is 3.22. The van der Waals surface area contributed by atoms with E-state index in [-0.39, 0.29) is 29.8 Å². The summed E-state index contributed by atoms with van der Waals surface area (Å²) in [7, 11) is 3.39. The summed E-state index contributed by atoms with van der Waals surface area (Å²) in [6.45, 7) is 2.58. The monoisotopic (exact) mass is 526 g/mol. The molecule has 0 aliphatic heterocycles. The fraction of sp³-hybridized carbons (Fsp3) is 0.258. The third kappa shape index (κ3) is 7.25. The van der Waals surface area contributed by atoms with Crippen LogP contribution in [0.1, 0.15) is 36.8 Å². The second-order valence-electron chi connectivity index (χ2n) is 9.64. The van der Waals surface area contributed by atoms with Crippen LogP contribution in [0.4, 0.5) is 11.4 Å². The molecule has 0 fully saturated rings. The molecule has 3 N–H and O–H groups in total. The van der Waals surface area contributed by atoms with Gasteiger partial charge < -0.3 is 25.3 Å². The zero-order valence-corrected chi connectivity index (χ0v) is 22.5. The molecular formula is C31H34N4O4. The van der Waals surface area contributed by atoms with Crippen LogP contribution in [0.5, 0.6) is 5.75 Å². The number of fused-ring (bicyclic) bond motifs is 1. The SMILES string of the molecule is COc1ccccc1[C@@H](C)CCC(=O)Nc1cccc(CN(C)C(=O)CNc2ccc3cc[nH]c(=O)c3c2)c1. The molecule has 1 aromatic heterocycles. The van der Waals surface area contributed by atoms with Crippen LogP contribution in [0.25, 0.3) is 10.8 Å². The summed E-state index contributed by atoms with van der Waals surface area (Å²) < 4.78 is 5.44. The van der Waals surface area contributed by atoms with Gasteiger partial charge in [0.05, 0.1) is 13.7 Å². The minimum Gasteiger partial charge on any atom is -0.496 e. The summed E-state index contributed by atoms with van der Waals surface area (Å²) in [5, 5.41) is 7.48. The van der Waals surface area contributed by atoms with Gasteiger partial charge in [-0.3, -0.25) is 14.4 Å². The highest BCUT2D eigenvalue weighted by Crippen LogP contribution is 2.29. The van der Waals surface area contributed by atoms with Gasteiger partial charge in [-0.05, 0) is 65.3 Å². The first-order valence-corrected chi connectivity index (χ1v) is 12.9. The number of anilines is 2. The number of nitrogens with one attached hydrogen (secondary N) is 3. The Morgan fingerprint density at radius 1 is 1.00 bits per heavy atom. The summed E-state index contributed by atoms with van der Waals surface area (Å²) >= 11 is 0. The Kier molecular flexibility index (Phi) is 8.99. The normalized spacial score (nSPS) is 11.6. The van der Waals surface area contributed by atoms with Gasteiger partial charge in [0.15, 0.2) is 0 Å². The molecule has 8 nitrogen and oxygen atoms in total. The van der Waals surface area contributed by atoms with Crippen LogP contribution in [0, 0.1) is 0 Å². The molecule has 4 aromatic rings. The fourth-order valence-corrected chi connectivity index (χ4v) is 4.52. The van der Waals surface area contributed by atoms with Crippen molar-refractivity contribution in [3.8, 4) is 5.75 Å². The number of aromatic amines is 1. The van der Waals surface area contributed by atoms with Crippen molar-refractivity contribution in [1.82, 2.24) is 9.88 Å². The number of hydrogen-bond donors (Lipinski definition) is 3. The topological polar surface area (TPSA) is 104 Å². The molecular weight excluding hydrogens is 492 g/mol. The molecule has 0 unspecified atom stereocenters. The number of nitrogens with zero attached hydrogens (tertiary/aromatic N) is 1. The number of aromatic nitrogens is 1. The van der Waals surface area contributed by atoms with E-state index >= 15 is 0 Å². The second-order valence-corrected chi connectivity index (χ2v) is 9.64. The summed E-state index contributed by atoms with van der Waals surface area (Å²) in [5.74, 6) is 0.856. The maximum atomic E-state index is 12.7. The van der Waals surface area contributed by atoms with Crippen LogP contribution in [0.2, 0.25) is 0 Å². The zero-order valence-electron chi connectivity index (χ0n) is 22.5. The van der Waals surface area contributed by atoms with Gasteiger partial charge in [-0.2, -0.15) is 0 Å². The van der Waals surface area contributed by atoms with E-state index in [1.54, 1.807) is 31.3 Å². The fourth-order valence-electron chi connectivity index (χ4n) is 4.52. The molecule has 0 radical (unpaired) electrons. The van der Waals surface area contributed by atoms with Gasteiger partial charge in [-0.1, -0.05) is 43.3 Å². The van der Waals surface area contributed by atoms with Gasteiger partial charge in [-0.15, -0.1) is 0 Å². The number of para-hydroxylation sites is 1. The summed E-state index contributed by atoms with van der Waals surface area (Å²) in [6, 6.07) is 22.7. The Morgan fingerprint density at radius 3 is 2.64 bits per heavy atom. The molecule has 0 aliphatic carbocycles. The highest BCUT2D eigenvalue weighted by atomic mass is 16.5. The number of hydrogen-bond acceptors (Lipinski definition) is 5. The maximum Gasteiger partial charge on any atom is 0.255 e. The van der Waals surface area contributed by atoms with E-state index in [0.717, 1.165) is 22.3 Å². The van der Waals surface area contributed by atoms with Crippen LogP contribution in [-0.2, 0) is 16.1 Å². The van der Waals surface area contributed by atoms with Crippen LogP contribution in [0.3, 0.4) is 0 Å². The average Bonchev–Trinajstić information content (AvgIpc) is 2.95. The van der Waals surface area contributed by atoms with Gasteiger partial charge in [0, 0.05) is 43.0 Å². The Bertz CT molecular complexity index is 1510. The van der Waals surface area contributed by atoms with E-state index in [9.17, 15) is 14.4 Å². The van der Waals surface area contributed by atoms with Crippen molar-refractivity contribution < 1.29 is 14.3 Å². The van der Waals surface area contributed by atoms with Crippen molar-refractivity contribution in [2.24, 2.45) is 0 Å². The molecule has 8 heteroatoms. The van der Waals surface area contributed by atoms with E-state index < -0.39 is 0 Å².